The van der Waals surface area contributed by atoms with E-state index in [1.54, 1.807) is 30.3 Å². The Bertz CT molecular complexity index is 762. The minimum atomic E-state index is -0.447. The first-order valence-corrected chi connectivity index (χ1v) is 7.88. The monoisotopic (exact) mass is 322 g/mol. The Morgan fingerprint density at radius 3 is 2.17 bits per heavy atom. The van der Waals surface area contributed by atoms with E-state index in [0.29, 0.717) is 5.56 Å². The molecule has 0 spiro atoms. The lowest BCUT2D eigenvalue weighted by molar-refractivity contribution is -0.131. The minimum Gasteiger partial charge on any atom is -0.426 e. The van der Waals surface area contributed by atoms with Gasteiger partial charge in [0.15, 0.2) is 5.78 Å². The normalized spacial score (nSPS) is 11.5. The first-order chi connectivity index (χ1) is 11.3. The van der Waals surface area contributed by atoms with Crippen molar-refractivity contribution in [3.05, 3.63) is 71.3 Å². The first-order valence-electron chi connectivity index (χ1n) is 7.88. The van der Waals surface area contributed by atoms with Gasteiger partial charge >= 0.3 is 5.97 Å². The van der Waals surface area contributed by atoms with Crippen LogP contribution in [0.25, 0.3) is 6.08 Å². The van der Waals surface area contributed by atoms with Crippen molar-refractivity contribution < 1.29 is 14.3 Å². The quantitative estimate of drug-likeness (QED) is 0.351. The molecule has 2 aromatic carbocycles. The third-order valence-corrected chi connectivity index (χ3v) is 3.61. The molecule has 0 unspecified atom stereocenters. The molecule has 0 atom stereocenters. The van der Waals surface area contributed by atoms with Gasteiger partial charge in [-0.3, -0.25) is 9.59 Å². The molecule has 0 N–H and O–H groups in total. The Labute approximate surface area is 143 Å². The molecule has 0 fully saturated rings. The predicted octanol–water partition coefficient (Wildman–Crippen LogP) is 4.81. The van der Waals surface area contributed by atoms with Gasteiger partial charge in [-0.15, -0.1) is 0 Å². The molecule has 3 nitrogen and oxygen atoms in total. The molecule has 0 amide bonds. The highest BCUT2D eigenvalue weighted by Gasteiger charge is 2.13. The molecule has 3 heteroatoms. The number of hydrogen-bond acceptors (Lipinski definition) is 3. The van der Waals surface area contributed by atoms with E-state index in [1.807, 2.05) is 12.1 Å². The van der Waals surface area contributed by atoms with Crippen LogP contribution in [-0.2, 0) is 10.2 Å². The van der Waals surface area contributed by atoms with E-state index in [4.69, 9.17) is 4.74 Å². The van der Waals surface area contributed by atoms with Crippen LogP contribution in [0, 0.1) is 0 Å². The van der Waals surface area contributed by atoms with E-state index >= 15 is 0 Å². The van der Waals surface area contributed by atoms with Gasteiger partial charge < -0.3 is 4.74 Å². The minimum absolute atomic E-state index is 0.0982. The van der Waals surface area contributed by atoms with Crippen LogP contribution in [-0.4, -0.2) is 11.8 Å². The summed E-state index contributed by atoms with van der Waals surface area (Å²) in [5.41, 5.74) is 2.66. The highest BCUT2D eigenvalue weighted by Crippen LogP contribution is 2.23. The summed E-state index contributed by atoms with van der Waals surface area (Å²) in [5.74, 6) is -0.369. The Balaban J connectivity index is 2.18. The van der Waals surface area contributed by atoms with E-state index in [-0.39, 0.29) is 16.9 Å². The summed E-state index contributed by atoms with van der Waals surface area (Å²) in [7, 11) is 0. The van der Waals surface area contributed by atoms with Crippen molar-refractivity contribution >= 4 is 17.8 Å². The van der Waals surface area contributed by atoms with Crippen LogP contribution in [0.3, 0.4) is 0 Å². The van der Waals surface area contributed by atoms with Crippen molar-refractivity contribution in [1.29, 1.82) is 0 Å². The van der Waals surface area contributed by atoms with Gasteiger partial charge in [0.25, 0.3) is 0 Å². The molecule has 0 heterocycles. The lowest BCUT2D eigenvalue weighted by Gasteiger charge is -2.18. The highest BCUT2D eigenvalue weighted by atomic mass is 16.5. The molecule has 24 heavy (non-hydrogen) atoms. The van der Waals surface area contributed by atoms with Gasteiger partial charge in [-0.2, -0.15) is 0 Å². The van der Waals surface area contributed by atoms with Gasteiger partial charge in [-0.05, 0) is 34.8 Å². The molecule has 2 rings (SSSR count). The zero-order chi connectivity index (χ0) is 17.7. The SMILES string of the molecule is CC(=O)Oc1ccccc1C(=O)/C=C/c1ccc(C(C)(C)C)cc1. The summed E-state index contributed by atoms with van der Waals surface area (Å²) < 4.78 is 5.08. The number of carbonyl (C=O) groups excluding carboxylic acids is 2. The summed E-state index contributed by atoms with van der Waals surface area (Å²) in [5, 5.41) is 0. The molecule has 0 aliphatic rings. The standard InChI is InChI=1S/C21H22O3/c1-15(22)24-20-8-6-5-7-18(20)19(23)14-11-16-9-12-17(13-10-16)21(2,3)4/h5-14H,1-4H3/b14-11+. The van der Waals surface area contributed by atoms with Crippen LogP contribution < -0.4 is 4.74 Å². The number of allylic oxidation sites excluding steroid dienone is 1. The maximum atomic E-state index is 12.4. The second-order valence-corrected chi connectivity index (χ2v) is 6.66. The van der Waals surface area contributed by atoms with Crippen LogP contribution in [0.4, 0.5) is 0 Å². The van der Waals surface area contributed by atoms with Crippen molar-refractivity contribution in [2.75, 3.05) is 0 Å². The number of ether oxygens (including phenoxy) is 1. The first kappa shape index (κ1) is 17.7. The van der Waals surface area contributed by atoms with Crippen LogP contribution in [0.5, 0.6) is 5.75 Å². The molecule has 124 valence electrons. The smallest absolute Gasteiger partial charge is 0.308 e. The van der Waals surface area contributed by atoms with E-state index in [2.05, 4.69) is 32.9 Å². The molecule has 2 aromatic rings. The molecule has 0 bridgehead atoms. The summed E-state index contributed by atoms with van der Waals surface area (Å²) in [6.45, 7) is 7.79. The van der Waals surface area contributed by atoms with Gasteiger partial charge in [0.05, 0.1) is 5.56 Å². The van der Waals surface area contributed by atoms with Crippen molar-refractivity contribution in [3.8, 4) is 5.75 Å². The van der Waals surface area contributed by atoms with Crippen LogP contribution in [0.15, 0.2) is 54.6 Å². The maximum Gasteiger partial charge on any atom is 0.308 e. The van der Waals surface area contributed by atoms with Crippen LogP contribution >= 0.6 is 0 Å². The van der Waals surface area contributed by atoms with Crippen molar-refractivity contribution in [2.45, 2.75) is 33.1 Å². The molecule has 0 aliphatic heterocycles. The van der Waals surface area contributed by atoms with Crippen molar-refractivity contribution in [2.24, 2.45) is 0 Å². The molecular weight excluding hydrogens is 300 g/mol. The number of benzene rings is 2. The molecule has 0 saturated heterocycles. The fraction of sp³-hybridized carbons (Fsp3) is 0.238. The number of carbonyl (C=O) groups is 2. The van der Waals surface area contributed by atoms with E-state index in [0.717, 1.165) is 5.56 Å². The Hall–Kier alpha value is -2.68. The number of esters is 1. The van der Waals surface area contributed by atoms with Gasteiger partial charge in [-0.1, -0.05) is 63.2 Å². The van der Waals surface area contributed by atoms with Gasteiger partial charge in [0.2, 0.25) is 0 Å². The lowest BCUT2D eigenvalue weighted by Crippen LogP contribution is -2.10. The predicted molar refractivity (Wildman–Crippen MR) is 96.3 cm³/mol. The Morgan fingerprint density at radius 1 is 0.958 bits per heavy atom. The zero-order valence-electron chi connectivity index (χ0n) is 14.5. The van der Waals surface area contributed by atoms with E-state index in [1.165, 1.54) is 18.6 Å². The second-order valence-electron chi connectivity index (χ2n) is 6.66. The zero-order valence-corrected chi connectivity index (χ0v) is 14.5. The summed E-state index contributed by atoms with van der Waals surface area (Å²) in [4.78, 5) is 23.5. The Kier molecular flexibility index (Phi) is 5.35. The van der Waals surface area contributed by atoms with Gasteiger partial charge in [-0.25, -0.2) is 0 Å². The third-order valence-electron chi connectivity index (χ3n) is 3.61. The van der Waals surface area contributed by atoms with Crippen LogP contribution in [0.2, 0.25) is 0 Å². The lowest BCUT2D eigenvalue weighted by atomic mass is 9.87. The molecule has 0 aromatic heterocycles. The molecule has 0 saturated carbocycles. The number of para-hydroxylation sites is 1. The van der Waals surface area contributed by atoms with E-state index in [9.17, 15) is 9.59 Å². The highest BCUT2D eigenvalue weighted by molar-refractivity contribution is 6.08. The third kappa shape index (κ3) is 4.66. The fourth-order valence-corrected chi connectivity index (χ4v) is 2.27. The second kappa shape index (κ2) is 7.26. The van der Waals surface area contributed by atoms with Gasteiger partial charge in [0, 0.05) is 6.92 Å². The summed E-state index contributed by atoms with van der Waals surface area (Å²) >= 11 is 0. The Morgan fingerprint density at radius 2 is 1.58 bits per heavy atom. The average molecular weight is 322 g/mol. The maximum absolute atomic E-state index is 12.4. The van der Waals surface area contributed by atoms with Crippen molar-refractivity contribution in [1.82, 2.24) is 0 Å². The molecular formula is C21H22O3. The van der Waals surface area contributed by atoms with Crippen molar-refractivity contribution in [3.63, 3.8) is 0 Å². The molecule has 0 aliphatic carbocycles. The topological polar surface area (TPSA) is 43.4 Å². The van der Waals surface area contributed by atoms with Gasteiger partial charge in [0.1, 0.15) is 5.75 Å². The average Bonchev–Trinajstić information content (AvgIpc) is 2.52. The molecule has 0 radical (unpaired) electrons. The number of ketones is 1. The van der Waals surface area contributed by atoms with E-state index < -0.39 is 5.97 Å². The summed E-state index contributed by atoms with van der Waals surface area (Å²) in [6, 6.07) is 14.8. The number of hydrogen-bond donors (Lipinski definition) is 0. The fourth-order valence-electron chi connectivity index (χ4n) is 2.27. The number of rotatable bonds is 4. The summed E-state index contributed by atoms with van der Waals surface area (Å²) in [6.07, 6.45) is 3.26. The van der Waals surface area contributed by atoms with Crippen LogP contribution in [0.1, 0.15) is 49.2 Å². The largest absolute Gasteiger partial charge is 0.426 e.